The molecule has 0 spiro atoms. The van der Waals surface area contributed by atoms with E-state index in [1.165, 1.54) is 17.2 Å². The number of imidazole rings is 1. The van der Waals surface area contributed by atoms with Crippen LogP contribution >= 0.6 is 0 Å². The van der Waals surface area contributed by atoms with E-state index in [-0.39, 0.29) is 46.5 Å². The third-order valence-corrected chi connectivity index (χ3v) is 6.12. The van der Waals surface area contributed by atoms with Gasteiger partial charge in [-0.15, -0.1) is 0 Å². The average Bonchev–Trinajstić information content (AvgIpc) is 3.42. The molecule has 0 radical (unpaired) electrons. The molecule has 2 fully saturated rings. The fourth-order valence-corrected chi connectivity index (χ4v) is 4.42. The number of aromatic nitrogens is 4. The molecule has 2 aliphatic rings. The summed E-state index contributed by atoms with van der Waals surface area (Å²) in [5.41, 5.74) is 6.29. The standard InChI is InChI=1S/C16H22N6O7S.Na/c17-13-10-14(19-6-18-13)22(7-20-10)16-12(24)11(23)9(29-16)5-28-30(26,27)21-15(25)8-3-1-2-4-8;/h6-9,11-12,16,23-24H,1-5H2,(H3,17,18,19,21,25);/q;+1/p-1/t9-,11-,12-,16-;/m1./s1. The number of nitrogens with zero attached hydrogens (tertiary/aromatic N) is 5. The van der Waals surface area contributed by atoms with E-state index in [9.17, 15) is 23.4 Å². The monoisotopic (exact) mass is 464 g/mol. The Balaban J connectivity index is 0.00000272. The molecule has 1 saturated carbocycles. The van der Waals surface area contributed by atoms with E-state index in [0.29, 0.717) is 12.8 Å². The third kappa shape index (κ3) is 5.01. The number of aliphatic hydroxyl groups is 2. The van der Waals surface area contributed by atoms with Gasteiger partial charge in [-0.2, -0.15) is 0 Å². The van der Waals surface area contributed by atoms with Crippen LogP contribution in [0.15, 0.2) is 12.7 Å². The van der Waals surface area contributed by atoms with Gasteiger partial charge in [0.05, 0.1) is 18.8 Å². The molecule has 164 valence electrons. The van der Waals surface area contributed by atoms with Gasteiger partial charge in [0.25, 0.3) is 0 Å². The molecule has 1 aliphatic heterocycles. The number of hydrogen-bond acceptors (Lipinski definition) is 11. The summed E-state index contributed by atoms with van der Waals surface area (Å²) in [6.07, 6.45) is 0.226. The quantitative estimate of drug-likeness (QED) is 0.357. The van der Waals surface area contributed by atoms with E-state index in [0.717, 1.165) is 12.8 Å². The minimum absolute atomic E-state index is 0. The summed E-state index contributed by atoms with van der Waals surface area (Å²) >= 11 is 0. The van der Waals surface area contributed by atoms with E-state index in [1.807, 2.05) is 0 Å². The van der Waals surface area contributed by atoms with Gasteiger partial charge in [-0.05, 0) is 12.8 Å². The number of fused-ring (bicyclic) bond motifs is 1. The molecule has 2 aromatic rings. The topological polar surface area (TPSA) is 194 Å². The van der Waals surface area contributed by atoms with Crippen LogP contribution in [-0.4, -0.2) is 69.0 Å². The van der Waals surface area contributed by atoms with Crippen LogP contribution in [0.5, 0.6) is 0 Å². The number of nitrogen functional groups attached to an aromatic ring is 1. The van der Waals surface area contributed by atoms with Crippen LogP contribution < -0.4 is 35.3 Å². The molecule has 13 nitrogen and oxygen atoms in total. The maximum atomic E-state index is 12.0. The number of hydrogen-bond donors (Lipinski definition) is 3. The van der Waals surface area contributed by atoms with Crippen molar-refractivity contribution in [1.82, 2.24) is 19.5 Å². The van der Waals surface area contributed by atoms with E-state index in [2.05, 4.69) is 19.7 Å². The third-order valence-electron chi connectivity index (χ3n) is 5.29. The summed E-state index contributed by atoms with van der Waals surface area (Å²) in [5, 5.41) is 20.6. The maximum absolute atomic E-state index is 12.0. The summed E-state index contributed by atoms with van der Waals surface area (Å²) in [7, 11) is -4.51. The zero-order valence-electron chi connectivity index (χ0n) is 16.7. The zero-order valence-corrected chi connectivity index (χ0v) is 19.6. The smallest absolute Gasteiger partial charge is 0.522 e. The second-order valence-electron chi connectivity index (χ2n) is 7.25. The van der Waals surface area contributed by atoms with Gasteiger partial charge in [0.2, 0.25) is 10.3 Å². The summed E-state index contributed by atoms with van der Waals surface area (Å²) in [6, 6.07) is 0. The van der Waals surface area contributed by atoms with Gasteiger partial charge in [0.15, 0.2) is 17.7 Å². The van der Waals surface area contributed by atoms with Crippen molar-refractivity contribution in [3.63, 3.8) is 0 Å². The number of anilines is 1. The van der Waals surface area contributed by atoms with Crippen LogP contribution in [0.25, 0.3) is 15.9 Å². The Morgan fingerprint density at radius 3 is 2.68 bits per heavy atom. The summed E-state index contributed by atoms with van der Waals surface area (Å²) in [6.45, 7) is -0.637. The van der Waals surface area contributed by atoms with Crippen LogP contribution in [0.1, 0.15) is 31.9 Å². The van der Waals surface area contributed by atoms with Crippen LogP contribution in [-0.2, 0) is 24.0 Å². The first kappa shape index (κ1) is 24.3. The van der Waals surface area contributed by atoms with Gasteiger partial charge in [-0.25, -0.2) is 23.4 Å². The van der Waals surface area contributed by atoms with Crippen molar-refractivity contribution in [3.05, 3.63) is 17.4 Å². The second kappa shape index (κ2) is 9.62. The van der Waals surface area contributed by atoms with Gasteiger partial charge < -0.3 is 30.2 Å². The Bertz CT molecular complexity index is 1040. The first-order valence-electron chi connectivity index (χ1n) is 9.37. The van der Waals surface area contributed by atoms with E-state index >= 15 is 0 Å². The largest absolute Gasteiger partial charge is 1.00 e. The van der Waals surface area contributed by atoms with Crippen LogP contribution in [0, 0.1) is 5.92 Å². The van der Waals surface area contributed by atoms with Crippen molar-refractivity contribution in [1.29, 1.82) is 0 Å². The molecular weight excluding hydrogens is 443 g/mol. The number of amides is 1. The fraction of sp³-hybridized carbons (Fsp3) is 0.625. The van der Waals surface area contributed by atoms with Crippen molar-refractivity contribution < 1.29 is 61.9 Å². The molecule has 4 atom stereocenters. The predicted molar refractivity (Wildman–Crippen MR) is 101 cm³/mol. The Labute approximate surface area is 199 Å². The number of ether oxygens (including phenoxy) is 1. The van der Waals surface area contributed by atoms with E-state index in [1.54, 1.807) is 0 Å². The zero-order chi connectivity index (χ0) is 21.5. The fourth-order valence-electron chi connectivity index (χ4n) is 3.69. The number of aliphatic hydroxyl groups excluding tert-OH is 2. The molecule has 3 heterocycles. The second-order valence-corrected chi connectivity index (χ2v) is 8.53. The molecule has 4 rings (SSSR count). The molecule has 1 amide bonds. The molecule has 2 aromatic heterocycles. The van der Waals surface area contributed by atoms with Crippen LogP contribution in [0.2, 0.25) is 0 Å². The van der Waals surface area contributed by atoms with E-state index in [4.69, 9.17) is 14.7 Å². The summed E-state index contributed by atoms with van der Waals surface area (Å²) in [5.74, 6) is -1.02. The van der Waals surface area contributed by atoms with Crippen molar-refractivity contribution >= 4 is 33.2 Å². The molecule has 1 saturated heterocycles. The molecule has 0 bridgehead atoms. The first-order valence-corrected chi connectivity index (χ1v) is 10.7. The van der Waals surface area contributed by atoms with Crippen molar-refractivity contribution in [2.75, 3.05) is 12.3 Å². The minimum atomic E-state index is -4.51. The number of carbonyl (C=O) groups is 1. The maximum Gasteiger partial charge on any atom is 1.00 e. The number of rotatable bonds is 6. The Hall–Kier alpha value is -1.39. The van der Waals surface area contributed by atoms with E-state index < -0.39 is 53.3 Å². The number of nitrogens with two attached hydrogens (primary N) is 1. The van der Waals surface area contributed by atoms with Crippen LogP contribution in [0.3, 0.4) is 0 Å². The SMILES string of the molecule is Nc1ncnc2c1ncn2[C@@H]1O[C@H](COS(=O)(=O)[N-]C(=O)C2CCCC2)[C@@H](O)[C@H]1O.[Na+]. The van der Waals surface area contributed by atoms with Crippen molar-refractivity contribution in [2.24, 2.45) is 5.92 Å². The molecule has 0 unspecified atom stereocenters. The van der Waals surface area contributed by atoms with Gasteiger partial charge >= 0.3 is 29.6 Å². The number of carbonyl (C=O) groups excluding carboxylic acids is 1. The molecule has 4 N–H and O–H groups in total. The molecular formula is C16H21N6NaO7S. The van der Waals surface area contributed by atoms with Gasteiger partial charge in [-0.1, -0.05) is 12.8 Å². The average molecular weight is 464 g/mol. The molecule has 0 aromatic carbocycles. The van der Waals surface area contributed by atoms with Gasteiger partial charge in [-0.3, -0.25) is 8.75 Å². The molecule has 31 heavy (non-hydrogen) atoms. The Morgan fingerprint density at radius 2 is 1.97 bits per heavy atom. The normalized spacial score (nSPS) is 26.8. The van der Waals surface area contributed by atoms with Crippen molar-refractivity contribution in [3.8, 4) is 0 Å². The van der Waals surface area contributed by atoms with Gasteiger partial charge in [0, 0.05) is 5.92 Å². The minimum Gasteiger partial charge on any atom is -0.522 e. The first-order chi connectivity index (χ1) is 14.3. The van der Waals surface area contributed by atoms with Gasteiger partial charge in [0.1, 0.15) is 30.2 Å². The summed E-state index contributed by atoms with van der Waals surface area (Å²) in [4.78, 5) is 23.9. The Morgan fingerprint density at radius 1 is 1.26 bits per heavy atom. The van der Waals surface area contributed by atoms with Crippen molar-refractivity contribution in [2.45, 2.75) is 50.2 Å². The molecule has 15 heteroatoms. The summed E-state index contributed by atoms with van der Waals surface area (Å²) < 4.78 is 38.9. The predicted octanol–water partition coefficient (Wildman–Crippen LogP) is -3.62. The molecule has 1 aliphatic carbocycles. The van der Waals surface area contributed by atoms with Crippen LogP contribution in [0.4, 0.5) is 5.82 Å². The Kier molecular flexibility index (Phi) is 7.53.